The first-order valence-electron chi connectivity index (χ1n) is 4.93. The van der Waals surface area contributed by atoms with Crippen molar-refractivity contribution in [3.8, 4) is 0 Å². The largest absolute Gasteiger partial charge is 0.348 e. The summed E-state index contributed by atoms with van der Waals surface area (Å²) >= 11 is 0. The molecule has 2 aromatic rings. The Hall–Kier alpha value is -1.91. The van der Waals surface area contributed by atoms with Crippen molar-refractivity contribution >= 4 is 17.2 Å². The molecule has 76 valence electrons. The second-order valence-electron chi connectivity index (χ2n) is 3.68. The Morgan fingerprint density at radius 1 is 1.20 bits per heavy atom. The van der Waals surface area contributed by atoms with E-state index in [-0.39, 0.29) is 0 Å². The van der Waals surface area contributed by atoms with E-state index in [1.165, 1.54) is 0 Å². The quantitative estimate of drug-likeness (QED) is 0.747. The van der Waals surface area contributed by atoms with Gasteiger partial charge >= 0.3 is 0 Å². The van der Waals surface area contributed by atoms with Crippen LogP contribution in [0.2, 0.25) is 0 Å². The predicted molar refractivity (Wildman–Crippen MR) is 57.5 cm³/mol. The summed E-state index contributed by atoms with van der Waals surface area (Å²) in [6.45, 7) is 1.55. The molecule has 0 aromatic carbocycles. The van der Waals surface area contributed by atoms with Crippen LogP contribution in [0, 0.1) is 5.41 Å². The van der Waals surface area contributed by atoms with Crippen molar-refractivity contribution in [1.29, 1.82) is 5.41 Å². The van der Waals surface area contributed by atoms with Crippen molar-refractivity contribution in [2.24, 2.45) is 0 Å². The molecule has 0 amide bonds. The number of nitrogens with zero attached hydrogens (tertiary/aromatic N) is 4. The minimum atomic E-state index is 0.680. The van der Waals surface area contributed by atoms with Crippen molar-refractivity contribution in [1.82, 2.24) is 14.4 Å². The van der Waals surface area contributed by atoms with Gasteiger partial charge in [0.25, 0.3) is 0 Å². The van der Waals surface area contributed by atoms with E-state index >= 15 is 0 Å². The molecule has 1 fully saturated rings. The summed E-state index contributed by atoms with van der Waals surface area (Å²) in [5.74, 6) is 0.879. The summed E-state index contributed by atoms with van der Waals surface area (Å²) in [4.78, 5) is 10.7. The van der Waals surface area contributed by atoms with Crippen LogP contribution in [0.15, 0.2) is 24.8 Å². The van der Waals surface area contributed by atoms with Crippen molar-refractivity contribution in [3.05, 3.63) is 24.8 Å². The molecule has 0 spiro atoms. The summed E-state index contributed by atoms with van der Waals surface area (Å²) < 4.78 is 1.95. The molecule has 0 saturated carbocycles. The van der Waals surface area contributed by atoms with Gasteiger partial charge in [-0.05, 0) is 0 Å². The van der Waals surface area contributed by atoms with Crippen molar-refractivity contribution in [2.75, 3.05) is 18.0 Å². The molecule has 0 atom stereocenters. The highest BCUT2D eigenvalue weighted by atomic mass is 15.2. The second-order valence-corrected chi connectivity index (χ2v) is 3.68. The Morgan fingerprint density at radius 3 is 2.73 bits per heavy atom. The van der Waals surface area contributed by atoms with Crippen LogP contribution in [0.1, 0.15) is 6.42 Å². The van der Waals surface area contributed by atoms with Crippen LogP contribution >= 0.6 is 0 Å². The van der Waals surface area contributed by atoms with Gasteiger partial charge in [0.15, 0.2) is 11.5 Å². The highest BCUT2D eigenvalue weighted by Gasteiger charge is 2.20. The average Bonchev–Trinajstić information content (AvgIpc) is 2.84. The summed E-state index contributed by atoms with van der Waals surface area (Å²) in [5.41, 5.74) is 1.64. The topological polar surface area (TPSA) is 57.3 Å². The molecule has 1 aliphatic heterocycles. The number of rotatable bonds is 1. The fraction of sp³-hybridized carbons (Fsp3) is 0.300. The van der Waals surface area contributed by atoms with E-state index in [0.717, 1.165) is 30.1 Å². The Morgan fingerprint density at radius 2 is 2.00 bits per heavy atom. The molecule has 0 aliphatic carbocycles. The van der Waals surface area contributed by atoms with Gasteiger partial charge in [0.2, 0.25) is 0 Å². The van der Waals surface area contributed by atoms with Crippen LogP contribution in [0.25, 0.3) is 5.65 Å². The van der Waals surface area contributed by atoms with E-state index in [2.05, 4.69) is 14.9 Å². The molecule has 1 saturated heterocycles. The first-order chi connectivity index (χ1) is 7.34. The molecule has 15 heavy (non-hydrogen) atoms. The fourth-order valence-corrected chi connectivity index (χ4v) is 1.90. The van der Waals surface area contributed by atoms with Crippen LogP contribution in [0.3, 0.4) is 0 Å². The maximum Gasteiger partial charge on any atom is 0.180 e. The van der Waals surface area contributed by atoms with Gasteiger partial charge in [-0.25, -0.2) is 9.97 Å². The monoisotopic (exact) mass is 201 g/mol. The Kier molecular flexibility index (Phi) is 1.71. The molecule has 0 bridgehead atoms. The van der Waals surface area contributed by atoms with Gasteiger partial charge in [-0.2, -0.15) is 0 Å². The minimum Gasteiger partial charge on any atom is -0.348 e. The minimum absolute atomic E-state index is 0.680. The first kappa shape index (κ1) is 8.40. The SMILES string of the molecule is N=C1CCN(c2nccn3ccnc23)C1. The number of anilines is 1. The lowest BCUT2D eigenvalue weighted by molar-refractivity contribution is 0.929. The number of imidazole rings is 1. The molecule has 5 nitrogen and oxygen atoms in total. The van der Waals surface area contributed by atoms with Crippen molar-refractivity contribution in [3.63, 3.8) is 0 Å². The molecule has 0 unspecified atom stereocenters. The molecule has 3 rings (SSSR count). The third-order valence-corrected chi connectivity index (χ3v) is 2.66. The van der Waals surface area contributed by atoms with E-state index in [0.29, 0.717) is 6.54 Å². The highest BCUT2D eigenvalue weighted by molar-refractivity contribution is 5.90. The zero-order chi connectivity index (χ0) is 10.3. The van der Waals surface area contributed by atoms with Crippen molar-refractivity contribution in [2.45, 2.75) is 6.42 Å². The molecule has 1 aliphatic rings. The Labute approximate surface area is 86.9 Å². The number of fused-ring (bicyclic) bond motifs is 1. The summed E-state index contributed by atoms with van der Waals surface area (Å²) in [5, 5.41) is 7.60. The molecule has 0 radical (unpaired) electrons. The number of aromatic nitrogens is 3. The van der Waals surface area contributed by atoms with E-state index in [4.69, 9.17) is 5.41 Å². The van der Waals surface area contributed by atoms with Crippen LogP contribution in [-0.4, -0.2) is 33.2 Å². The lowest BCUT2D eigenvalue weighted by Crippen LogP contribution is -2.21. The van der Waals surface area contributed by atoms with Gasteiger partial charge in [0, 0.05) is 43.5 Å². The van der Waals surface area contributed by atoms with Gasteiger partial charge in [0.1, 0.15) is 0 Å². The molecule has 1 N–H and O–H groups in total. The third-order valence-electron chi connectivity index (χ3n) is 2.66. The van der Waals surface area contributed by atoms with Crippen LogP contribution in [0.4, 0.5) is 5.82 Å². The summed E-state index contributed by atoms with van der Waals surface area (Å²) in [7, 11) is 0. The van der Waals surface area contributed by atoms with E-state index in [9.17, 15) is 0 Å². The van der Waals surface area contributed by atoms with Crippen molar-refractivity contribution < 1.29 is 0 Å². The molecular formula is C10H11N5. The Bertz CT molecular complexity index is 515. The molecule has 5 heteroatoms. The highest BCUT2D eigenvalue weighted by Crippen LogP contribution is 2.19. The Balaban J connectivity index is 2.10. The maximum atomic E-state index is 7.60. The maximum absolute atomic E-state index is 7.60. The van der Waals surface area contributed by atoms with Crippen LogP contribution in [0.5, 0.6) is 0 Å². The summed E-state index contributed by atoms with van der Waals surface area (Å²) in [6.07, 6.45) is 8.16. The first-order valence-corrected chi connectivity index (χ1v) is 4.93. The van der Waals surface area contributed by atoms with Crippen LogP contribution in [-0.2, 0) is 0 Å². The second kappa shape index (κ2) is 3.05. The van der Waals surface area contributed by atoms with Gasteiger partial charge in [-0.1, -0.05) is 0 Å². The van der Waals surface area contributed by atoms with Gasteiger partial charge in [-0.15, -0.1) is 0 Å². The lowest BCUT2D eigenvalue weighted by atomic mass is 10.3. The molecule has 2 aromatic heterocycles. The predicted octanol–water partition coefficient (Wildman–Crippen LogP) is 0.959. The van der Waals surface area contributed by atoms with Gasteiger partial charge in [-0.3, -0.25) is 0 Å². The molecule has 3 heterocycles. The fourth-order valence-electron chi connectivity index (χ4n) is 1.90. The standard InChI is InChI=1S/C10H11N5/c11-8-1-4-15(7-8)10-9-12-2-5-14(9)6-3-13-10/h2-3,5-6,11H,1,4,7H2. The normalized spacial score (nSPS) is 16.5. The average molecular weight is 201 g/mol. The van der Waals surface area contributed by atoms with E-state index in [1.54, 1.807) is 12.4 Å². The van der Waals surface area contributed by atoms with Gasteiger partial charge < -0.3 is 14.7 Å². The van der Waals surface area contributed by atoms with E-state index < -0.39 is 0 Å². The number of hydrogen-bond acceptors (Lipinski definition) is 4. The zero-order valence-electron chi connectivity index (χ0n) is 8.22. The smallest absolute Gasteiger partial charge is 0.180 e. The third kappa shape index (κ3) is 1.27. The summed E-state index contributed by atoms with van der Waals surface area (Å²) in [6, 6.07) is 0. The van der Waals surface area contributed by atoms with Crippen LogP contribution < -0.4 is 4.90 Å². The molecular weight excluding hydrogens is 190 g/mol. The number of nitrogens with one attached hydrogen (secondary N) is 1. The zero-order valence-corrected chi connectivity index (χ0v) is 8.22. The number of hydrogen-bond donors (Lipinski definition) is 1. The lowest BCUT2D eigenvalue weighted by Gasteiger charge is -2.15. The van der Waals surface area contributed by atoms with E-state index in [1.807, 2.05) is 16.8 Å². The van der Waals surface area contributed by atoms with Gasteiger partial charge in [0.05, 0.1) is 6.54 Å².